The summed E-state index contributed by atoms with van der Waals surface area (Å²) in [7, 11) is 0. The minimum Gasteiger partial charge on any atom is -0.372 e. The number of amides is 1. The molecule has 4 heterocycles. The van der Waals surface area contributed by atoms with Crippen molar-refractivity contribution in [1.82, 2.24) is 20.4 Å². The van der Waals surface area contributed by atoms with Crippen molar-refractivity contribution in [1.29, 1.82) is 0 Å². The number of aromatic nitrogens is 3. The fraction of sp³-hybridized carbons (Fsp3) is 0.308. The molecule has 0 bridgehead atoms. The normalized spacial score (nSPS) is 18.3. The van der Waals surface area contributed by atoms with Crippen molar-refractivity contribution < 1.29 is 14.1 Å². The molecule has 5 rings (SSSR count). The van der Waals surface area contributed by atoms with Crippen LogP contribution in [0.25, 0.3) is 22.4 Å². The van der Waals surface area contributed by atoms with Gasteiger partial charge >= 0.3 is 0 Å². The number of rotatable bonds is 5. The molecule has 1 fully saturated rings. The summed E-state index contributed by atoms with van der Waals surface area (Å²) in [6.45, 7) is 7.94. The smallest absolute Gasteiger partial charge is 0.259 e. The topological polar surface area (TPSA) is 93.4 Å². The van der Waals surface area contributed by atoms with E-state index in [9.17, 15) is 4.79 Å². The van der Waals surface area contributed by atoms with E-state index in [-0.39, 0.29) is 18.1 Å². The monoisotopic (exact) mass is 457 g/mol. The van der Waals surface area contributed by atoms with Crippen LogP contribution in [0.4, 0.5) is 5.82 Å². The number of pyridine rings is 2. The molecule has 0 radical (unpaired) electrons. The van der Waals surface area contributed by atoms with Crippen LogP contribution in [0.1, 0.15) is 35.5 Å². The van der Waals surface area contributed by atoms with Crippen molar-refractivity contribution in [3.05, 3.63) is 71.5 Å². The van der Waals surface area contributed by atoms with Crippen LogP contribution in [0.5, 0.6) is 0 Å². The van der Waals surface area contributed by atoms with Gasteiger partial charge in [-0.2, -0.15) is 0 Å². The van der Waals surface area contributed by atoms with Gasteiger partial charge in [0.2, 0.25) is 0 Å². The Morgan fingerprint density at radius 3 is 2.59 bits per heavy atom. The summed E-state index contributed by atoms with van der Waals surface area (Å²) >= 11 is 0. The van der Waals surface area contributed by atoms with E-state index in [2.05, 4.69) is 39.2 Å². The molecule has 1 aliphatic heterocycles. The number of hydrogen-bond acceptors (Lipinski definition) is 7. The SMILES string of the molecule is Cc1noc2nc(-c3ccccc3)cc(C(=O)NCc3ccc(N4CC(C)OC(C)C4)nc3)c12. The Balaban J connectivity index is 1.34. The van der Waals surface area contributed by atoms with Gasteiger partial charge in [-0.1, -0.05) is 41.6 Å². The molecule has 1 aliphatic rings. The van der Waals surface area contributed by atoms with Gasteiger partial charge in [-0.15, -0.1) is 0 Å². The number of benzene rings is 1. The van der Waals surface area contributed by atoms with E-state index in [1.165, 1.54) is 0 Å². The average molecular weight is 458 g/mol. The lowest BCUT2D eigenvalue weighted by Gasteiger charge is -2.36. The second kappa shape index (κ2) is 9.23. The second-order valence-corrected chi connectivity index (χ2v) is 8.74. The zero-order valence-corrected chi connectivity index (χ0v) is 19.5. The van der Waals surface area contributed by atoms with Crippen LogP contribution in [0.2, 0.25) is 0 Å². The zero-order chi connectivity index (χ0) is 23.7. The van der Waals surface area contributed by atoms with Gasteiger partial charge in [0.25, 0.3) is 11.6 Å². The molecular weight excluding hydrogens is 430 g/mol. The molecule has 2 unspecified atom stereocenters. The Kier molecular flexibility index (Phi) is 5.98. The highest BCUT2D eigenvalue weighted by molar-refractivity contribution is 6.06. The van der Waals surface area contributed by atoms with E-state index in [4.69, 9.17) is 9.26 Å². The first-order valence-electron chi connectivity index (χ1n) is 11.4. The van der Waals surface area contributed by atoms with E-state index in [0.29, 0.717) is 34.6 Å². The summed E-state index contributed by atoms with van der Waals surface area (Å²) in [5, 5.41) is 7.65. The lowest BCUT2D eigenvalue weighted by atomic mass is 10.1. The van der Waals surface area contributed by atoms with Crippen molar-refractivity contribution >= 4 is 22.8 Å². The highest BCUT2D eigenvalue weighted by Crippen LogP contribution is 2.27. The van der Waals surface area contributed by atoms with Crippen LogP contribution in [0, 0.1) is 6.92 Å². The molecule has 174 valence electrons. The third-order valence-electron chi connectivity index (χ3n) is 5.94. The molecule has 34 heavy (non-hydrogen) atoms. The van der Waals surface area contributed by atoms with Gasteiger partial charge in [-0.25, -0.2) is 9.97 Å². The van der Waals surface area contributed by atoms with E-state index >= 15 is 0 Å². The number of anilines is 1. The fourth-order valence-electron chi connectivity index (χ4n) is 4.38. The standard InChI is InChI=1S/C26H27N5O3/c1-16-14-31(15-17(2)33-16)23-10-9-19(12-27-23)13-28-25(32)21-11-22(20-7-5-4-6-8-20)29-26-24(21)18(3)30-34-26/h4-12,16-17H,13-15H2,1-3H3,(H,28,32). The second-order valence-electron chi connectivity index (χ2n) is 8.74. The van der Waals surface area contributed by atoms with Crippen LogP contribution in [-0.4, -0.2) is 46.3 Å². The molecule has 1 N–H and O–H groups in total. The first-order valence-corrected chi connectivity index (χ1v) is 11.4. The Hall–Kier alpha value is -3.78. The van der Waals surface area contributed by atoms with Gasteiger partial charge in [0.05, 0.1) is 34.5 Å². The van der Waals surface area contributed by atoms with Crippen molar-refractivity contribution in [2.75, 3.05) is 18.0 Å². The van der Waals surface area contributed by atoms with E-state index in [1.807, 2.05) is 55.6 Å². The van der Waals surface area contributed by atoms with E-state index < -0.39 is 0 Å². The van der Waals surface area contributed by atoms with E-state index in [0.717, 1.165) is 30.0 Å². The maximum Gasteiger partial charge on any atom is 0.259 e. The van der Waals surface area contributed by atoms with Crippen LogP contribution in [0.15, 0.2) is 59.3 Å². The van der Waals surface area contributed by atoms with Crippen molar-refractivity contribution in [2.24, 2.45) is 0 Å². The number of carbonyl (C=O) groups is 1. The summed E-state index contributed by atoms with van der Waals surface area (Å²) < 4.78 is 11.2. The summed E-state index contributed by atoms with van der Waals surface area (Å²) in [5.74, 6) is 0.705. The molecule has 2 atom stereocenters. The Morgan fingerprint density at radius 1 is 1.12 bits per heavy atom. The molecule has 8 heteroatoms. The molecule has 0 aliphatic carbocycles. The average Bonchev–Trinajstić information content (AvgIpc) is 3.23. The number of fused-ring (bicyclic) bond motifs is 1. The number of morpholine rings is 1. The van der Waals surface area contributed by atoms with Crippen LogP contribution < -0.4 is 10.2 Å². The zero-order valence-electron chi connectivity index (χ0n) is 19.5. The number of hydrogen-bond donors (Lipinski definition) is 1. The molecule has 4 aromatic rings. The Morgan fingerprint density at radius 2 is 1.88 bits per heavy atom. The minimum atomic E-state index is -0.212. The molecule has 0 spiro atoms. The maximum atomic E-state index is 13.2. The van der Waals surface area contributed by atoms with Gasteiger partial charge in [0.1, 0.15) is 5.82 Å². The summed E-state index contributed by atoms with van der Waals surface area (Å²) in [6.07, 6.45) is 2.15. The molecule has 1 saturated heterocycles. The maximum absolute atomic E-state index is 13.2. The third-order valence-corrected chi connectivity index (χ3v) is 5.94. The highest BCUT2D eigenvalue weighted by atomic mass is 16.5. The minimum absolute atomic E-state index is 0.170. The van der Waals surface area contributed by atoms with Gasteiger partial charge in [0, 0.05) is 31.4 Å². The lowest BCUT2D eigenvalue weighted by Crippen LogP contribution is -2.45. The number of nitrogens with zero attached hydrogens (tertiary/aromatic N) is 4. The predicted molar refractivity (Wildman–Crippen MR) is 130 cm³/mol. The van der Waals surface area contributed by atoms with Crippen molar-refractivity contribution in [3.8, 4) is 11.3 Å². The summed E-state index contributed by atoms with van der Waals surface area (Å²) in [5.41, 5.74) is 3.95. The fourth-order valence-corrected chi connectivity index (χ4v) is 4.38. The Bertz CT molecular complexity index is 1290. The Labute approximate surface area is 197 Å². The lowest BCUT2D eigenvalue weighted by molar-refractivity contribution is -0.00546. The highest BCUT2D eigenvalue weighted by Gasteiger charge is 2.23. The number of aryl methyl sites for hydroxylation is 1. The third kappa shape index (κ3) is 4.49. The largest absolute Gasteiger partial charge is 0.372 e. The number of ether oxygens (including phenoxy) is 1. The van der Waals surface area contributed by atoms with Gasteiger partial charge in [0.15, 0.2) is 0 Å². The molecule has 0 saturated carbocycles. The first kappa shape index (κ1) is 22.0. The van der Waals surface area contributed by atoms with Crippen molar-refractivity contribution in [3.63, 3.8) is 0 Å². The van der Waals surface area contributed by atoms with Gasteiger partial charge < -0.3 is 19.5 Å². The predicted octanol–water partition coefficient (Wildman–Crippen LogP) is 4.14. The molecular formula is C26H27N5O3. The summed E-state index contributed by atoms with van der Waals surface area (Å²) in [6, 6.07) is 15.5. The quantitative estimate of drug-likeness (QED) is 0.481. The number of nitrogens with one attached hydrogen (secondary N) is 1. The van der Waals surface area contributed by atoms with Crippen LogP contribution in [-0.2, 0) is 11.3 Å². The van der Waals surface area contributed by atoms with E-state index in [1.54, 1.807) is 6.07 Å². The first-order chi connectivity index (χ1) is 16.5. The van der Waals surface area contributed by atoms with Gasteiger partial charge in [-0.05, 0) is 38.5 Å². The van der Waals surface area contributed by atoms with Crippen molar-refractivity contribution in [2.45, 2.75) is 39.5 Å². The van der Waals surface area contributed by atoms with Crippen LogP contribution >= 0.6 is 0 Å². The summed E-state index contributed by atoms with van der Waals surface area (Å²) in [4.78, 5) is 24.6. The number of carbonyl (C=O) groups excluding carboxylic acids is 1. The molecule has 8 nitrogen and oxygen atoms in total. The van der Waals surface area contributed by atoms with Crippen LogP contribution in [0.3, 0.4) is 0 Å². The van der Waals surface area contributed by atoms with Gasteiger partial charge in [-0.3, -0.25) is 4.79 Å². The molecule has 1 aromatic carbocycles. The molecule has 1 amide bonds. The molecule has 3 aromatic heterocycles.